The molecule has 3 N–H and O–H groups in total. The summed E-state index contributed by atoms with van der Waals surface area (Å²) in [5, 5.41) is 12.6. The number of esters is 1. The maximum atomic E-state index is 12.0. The maximum Gasteiger partial charge on any atom is 0.472 e. The molecule has 0 aliphatic carbocycles. The minimum Gasteiger partial charge on any atom is -0.463 e. The van der Waals surface area contributed by atoms with E-state index in [1.807, 2.05) is 0 Å². The van der Waals surface area contributed by atoms with Crippen LogP contribution in [0.3, 0.4) is 0 Å². The first-order valence-corrected chi connectivity index (χ1v) is 18.3. The number of aliphatic hydroxyl groups is 1. The number of amides is 1. The third-order valence-electron chi connectivity index (χ3n) is 6.83. The van der Waals surface area contributed by atoms with Gasteiger partial charge in [0.25, 0.3) is 0 Å². The molecule has 2 unspecified atom stereocenters. The molecule has 0 saturated carbocycles. The van der Waals surface area contributed by atoms with Gasteiger partial charge in [-0.3, -0.25) is 18.6 Å². The number of rotatable bonds is 31. The maximum absolute atomic E-state index is 12.0. The minimum absolute atomic E-state index is 0.0769. The van der Waals surface area contributed by atoms with Gasteiger partial charge in [0.05, 0.1) is 13.2 Å². The van der Waals surface area contributed by atoms with Crippen molar-refractivity contribution in [3.63, 3.8) is 0 Å². The highest BCUT2D eigenvalue weighted by Gasteiger charge is 2.23. The van der Waals surface area contributed by atoms with Crippen LogP contribution < -0.4 is 5.32 Å². The molecule has 43 heavy (non-hydrogen) atoms. The summed E-state index contributed by atoms with van der Waals surface area (Å²) in [5.41, 5.74) is 0. The van der Waals surface area contributed by atoms with Gasteiger partial charge in [-0.25, -0.2) is 4.57 Å². The van der Waals surface area contributed by atoms with Gasteiger partial charge in [0.2, 0.25) is 5.91 Å². The zero-order chi connectivity index (χ0) is 31.9. The van der Waals surface area contributed by atoms with E-state index in [1.54, 1.807) is 0 Å². The fraction of sp³-hybridized carbons (Fsp3) is 0.818. The quantitative estimate of drug-likeness (QED) is 0.0303. The molecule has 0 bridgehead atoms. The van der Waals surface area contributed by atoms with Crippen LogP contribution >= 0.6 is 7.82 Å². The van der Waals surface area contributed by atoms with Crippen LogP contribution in [0, 0.1) is 0 Å². The number of hydrogen-bond donors (Lipinski definition) is 3. The number of phosphoric ester groups is 1. The molecule has 0 aromatic heterocycles. The van der Waals surface area contributed by atoms with Gasteiger partial charge < -0.3 is 20.1 Å². The molecule has 9 nitrogen and oxygen atoms in total. The summed E-state index contributed by atoms with van der Waals surface area (Å²) in [6.07, 6.45) is 28.3. The molecule has 0 aliphatic heterocycles. The Kier molecular flexibility index (Phi) is 29.4. The summed E-state index contributed by atoms with van der Waals surface area (Å²) in [5.74, 6) is -0.540. The summed E-state index contributed by atoms with van der Waals surface area (Å²) in [6.45, 7) is 3.41. The summed E-state index contributed by atoms with van der Waals surface area (Å²) < 4.78 is 26.6. The predicted octanol–water partition coefficient (Wildman–Crippen LogP) is 8.09. The molecule has 0 spiro atoms. The van der Waals surface area contributed by atoms with E-state index >= 15 is 0 Å². The van der Waals surface area contributed by atoms with Gasteiger partial charge in [-0.05, 0) is 57.8 Å². The highest BCUT2D eigenvalue weighted by Crippen LogP contribution is 2.42. The Morgan fingerprint density at radius 2 is 1.23 bits per heavy atom. The smallest absolute Gasteiger partial charge is 0.463 e. The molecule has 0 aliphatic rings. The van der Waals surface area contributed by atoms with Gasteiger partial charge in [0.1, 0.15) is 12.7 Å². The van der Waals surface area contributed by atoms with Gasteiger partial charge in [-0.15, -0.1) is 0 Å². The first-order chi connectivity index (χ1) is 20.8. The Morgan fingerprint density at radius 1 is 0.698 bits per heavy atom. The molecule has 0 aromatic rings. The number of unbranched alkanes of at least 4 members (excludes halogenated alkanes) is 14. The SMILES string of the molecule is CCC/C=C\CCCCCCCC(=O)OCC(O)COP(=O)(O)OCCNC(=O)CCCCCCC/C=C\CCCCC. The first kappa shape index (κ1) is 41.5. The molecule has 1 amide bonds. The molecule has 0 aromatic carbocycles. The van der Waals surface area contributed by atoms with E-state index in [-0.39, 0.29) is 32.1 Å². The number of allylic oxidation sites excluding steroid dienone is 4. The van der Waals surface area contributed by atoms with Crippen molar-refractivity contribution in [1.82, 2.24) is 5.32 Å². The van der Waals surface area contributed by atoms with Crippen LogP contribution in [0.4, 0.5) is 0 Å². The van der Waals surface area contributed by atoms with Crippen molar-refractivity contribution >= 4 is 19.7 Å². The standard InChI is InChI=1S/C33H62NO8P/c1-3-5-7-9-11-13-15-16-17-19-21-23-25-32(36)34-27-28-41-43(38,39)42-30-31(35)29-40-33(37)26-24-22-20-18-14-12-10-8-6-4-2/h8,10-11,13,31,35H,3-7,9,12,14-30H2,1-2H3,(H,34,36)(H,38,39)/b10-8-,13-11-. The van der Waals surface area contributed by atoms with Crippen LogP contribution in [0.2, 0.25) is 0 Å². The van der Waals surface area contributed by atoms with E-state index in [1.165, 1.54) is 38.5 Å². The second-order valence-corrected chi connectivity index (χ2v) is 12.6. The van der Waals surface area contributed by atoms with Gasteiger partial charge in [0, 0.05) is 19.4 Å². The summed E-state index contributed by atoms with van der Waals surface area (Å²) in [6, 6.07) is 0. The normalized spacial score (nSPS) is 13.9. The van der Waals surface area contributed by atoms with Crippen molar-refractivity contribution in [2.45, 2.75) is 148 Å². The molecule has 0 radical (unpaired) electrons. The van der Waals surface area contributed by atoms with Crippen LogP contribution in [-0.4, -0.2) is 54.3 Å². The van der Waals surface area contributed by atoms with E-state index in [9.17, 15) is 24.2 Å². The third kappa shape index (κ3) is 31.7. The lowest BCUT2D eigenvalue weighted by molar-refractivity contribution is -0.147. The topological polar surface area (TPSA) is 131 Å². The Hall–Kier alpha value is -1.51. The van der Waals surface area contributed by atoms with Crippen molar-refractivity contribution in [2.75, 3.05) is 26.4 Å². The molecule has 2 atom stereocenters. The first-order valence-electron chi connectivity index (χ1n) is 16.8. The number of phosphoric acid groups is 1. The second-order valence-electron chi connectivity index (χ2n) is 11.1. The zero-order valence-corrected chi connectivity index (χ0v) is 28.0. The number of nitrogens with one attached hydrogen (secondary N) is 1. The van der Waals surface area contributed by atoms with E-state index < -0.39 is 26.5 Å². The minimum atomic E-state index is -4.40. The van der Waals surface area contributed by atoms with Gasteiger partial charge in [-0.1, -0.05) is 95.9 Å². The molecule has 0 heterocycles. The Labute approximate surface area is 261 Å². The predicted molar refractivity (Wildman–Crippen MR) is 174 cm³/mol. The number of carbonyl (C=O) groups is 2. The van der Waals surface area contributed by atoms with Crippen molar-refractivity contribution in [1.29, 1.82) is 0 Å². The molecule has 252 valence electrons. The monoisotopic (exact) mass is 631 g/mol. The lowest BCUT2D eigenvalue weighted by atomic mass is 10.1. The average molecular weight is 632 g/mol. The molecule has 0 saturated heterocycles. The van der Waals surface area contributed by atoms with Gasteiger partial charge in [-0.2, -0.15) is 0 Å². The molecule has 10 heteroatoms. The van der Waals surface area contributed by atoms with E-state index in [0.29, 0.717) is 6.42 Å². The summed E-state index contributed by atoms with van der Waals surface area (Å²) in [4.78, 5) is 33.6. The van der Waals surface area contributed by atoms with Crippen LogP contribution in [0.1, 0.15) is 142 Å². The largest absolute Gasteiger partial charge is 0.472 e. The fourth-order valence-corrected chi connectivity index (χ4v) is 5.01. The highest BCUT2D eigenvalue weighted by atomic mass is 31.2. The summed E-state index contributed by atoms with van der Waals surface area (Å²) in [7, 11) is -4.40. The lowest BCUT2D eigenvalue weighted by Gasteiger charge is -2.15. The summed E-state index contributed by atoms with van der Waals surface area (Å²) >= 11 is 0. The van der Waals surface area contributed by atoms with Crippen LogP contribution in [-0.2, 0) is 27.9 Å². The Morgan fingerprint density at radius 3 is 1.84 bits per heavy atom. The highest BCUT2D eigenvalue weighted by molar-refractivity contribution is 7.47. The van der Waals surface area contributed by atoms with Gasteiger partial charge in [0.15, 0.2) is 0 Å². The van der Waals surface area contributed by atoms with Crippen molar-refractivity contribution in [2.24, 2.45) is 0 Å². The van der Waals surface area contributed by atoms with Crippen LogP contribution in [0.15, 0.2) is 24.3 Å². The molecule has 0 rings (SSSR count). The second kappa shape index (κ2) is 30.5. The number of carbonyl (C=O) groups excluding carboxylic acids is 2. The van der Waals surface area contributed by atoms with Crippen molar-refractivity contribution in [3.05, 3.63) is 24.3 Å². The third-order valence-corrected chi connectivity index (χ3v) is 7.82. The number of ether oxygens (including phenoxy) is 1. The molecular formula is C33H62NO8P. The fourth-order valence-electron chi connectivity index (χ4n) is 4.26. The van der Waals surface area contributed by atoms with E-state index in [4.69, 9.17) is 13.8 Å². The zero-order valence-electron chi connectivity index (χ0n) is 27.1. The van der Waals surface area contributed by atoms with Gasteiger partial charge >= 0.3 is 13.8 Å². The average Bonchev–Trinajstić information content (AvgIpc) is 2.98. The van der Waals surface area contributed by atoms with Crippen LogP contribution in [0.5, 0.6) is 0 Å². The lowest BCUT2D eigenvalue weighted by Crippen LogP contribution is -2.27. The van der Waals surface area contributed by atoms with Crippen molar-refractivity contribution < 1.29 is 37.9 Å². The number of aliphatic hydroxyl groups excluding tert-OH is 1. The molecular weight excluding hydrogens is 569 g/mol. The Balaban J connectivity index is 3.67. The Bertz CT molecular complexity index is 774. The van der Waals surface area contributed by atoms with E-state index in [2.05, 4.69) is 43.5 Å². The molecule has 0 fully saturated rings. The number of hydrogen-bond acceptors (Lipinski definition) is 7. The van der Waals surface area contributed by atoms with Crippen molar-refractivity contribution in [3.8, 4) is 0 Å². The van der Waals surface area contributed by atoms with Crippen LogP contribution in [0.25, 0.3) is 0 Å². The van der Waals surface area contributed by atoms with E-state index in [0.717, 1.165) is 77.0 Å².